The minimum absolute atomic E-state index is 0.630. The number of nitrogens with zero attached hydrogens (tertiary/aromatic N) is 2. The fourth-order valence-electron chi connectivity index (χ4n) is 0.792. The van der Waals surface area contributed by atoms with E-state index in [-0.39, 0.29) is 0 Å². The minimum Gasteiger partial charge on any atom is -0.338 e. The van der Waals surface area contributed by atoms with E-state index in [4.69, 9.17) is 4.52 Å². The maximum Gasteiger partial charge on any atom is 0.240 e. The molecular formula is C8H13N3O. The lowest BCUT2D eigenvalue weighted by Gasteiger charge is -1.93. The van der Waals surface area contributed by atoms with E-state index < -0.39 is 0 Å². The number of aryl methyl sites for hydroxylation is 1. The summed E-state index contributed by atoms with van der Waals surface area (Å²) >= 11 is 0. The summed E-state index contributed by atoms with van der Waals surface area (Å²) in [5.41, 5.74) is 0. The molecule has 1 heterocycles. The third-order valence-corrected chi connectivity index (χ3v) is 1.34. The van der Waals surface area contributed by atoms with Crippen LogP contribution in [0.5, 0.6) is 0 Å². The minimum atomic E-state index is 0.630. The van der Waals surface area contributed by atoms with Crippen molar-refractivity contribution in [3.63, 3.8) is 0 Å². The molecule has 0 saturated heterocycles. The molecule has 4 nitrogen and oxygen atoms in total. The maximum atomic E-state index is 4.90. The van der Waals surface area contributed by atoms with Gasteiger partial charge in [0.15, 0.2) is 5.82 Å². The van der Waals surface area contributed by atoms with Crippen molar-refractivity contribution >= 4 is 0 Å². The second kappa shape index (κ2) is 4.66. The summed E-state index contributed by atoms with van der Waals surface area (Å²) in [6.07, 6.45) is 4.02. The molecule has 0 amide bonds. The zero-order valence-corrected chi connectivity index (χ0v) is 7.37. The topological polar surface area (TPSA) is 51.0 Å². The van der Waals surface area contributed by atoms with Gasteiger partial charge in [-0.1, -0.05) is 17.3 Å². The lowest BCUT2D eigenvalue weighted by atomic mass is 10.5. The average molecular weight is 167 g/mol. The zero-order chi connectivity index (χ0) is 8.81. The molecule has 4 heteroatoms. The van der Waals surface area contributed by atoms with Crippen molar-refractivity contribution in [2.24, 2.45) is 0 Å². The number of nitrogens with one attached hydrogen (secondary N) is 1. The highest BCUT2D eigenvalue weighted by atomic mass is 16.5. The summed E-state index contributed by atoms with van der Waals surface area (Å²) in [6, 6.07) is 0. The molecule has 0 saturated carbocycles. The van der Waals surface area contributed by atoms with Crippen LogP contribution in [0, 0.1) is 6.92 Å². The van der Waals surface area contributed by atoms with Crippen molar-refractivity contribution in [3.05, 3.63) is 23.9 Å². The smallest absolute Gasteiger partial charge is 0.240 e. The molecular weight excluding hydrogens is 154 g/mol. The van der Waals surface area contributed by atoms with Gasteiger partial charge < -0.3 is 9.84 Å². The maximum absolute atomic E-state index is 4.90. The number of allylic oxidation sites excluding steroid dienone is 1. The summed E-state index contributed by atoms with van der Waals surface area (Å²) in [7, 11) is 0. The lowest BCUT2D eigenvalue weighted by Crippen LogP contribution is -2.12. The van der Waals surface area contributed by atoms with Gasteiger partial charge in [0.2, 0.25) is 5.89 Å². The summed E-state index contributed by atoms with van der Waals surface area (Å²) in [5, 5.41) is 6.80. The predicted molar refractivity (Wildman–Crippen MR) is 45.6 cm³/mol. The summed E-state index contributed by atoms with van der Waals surface area (Å²) in [5.74, 6) is 1.31. The summed E-state index contributed by atoms with van der Waals surface area (Å²) < 4.78 is 4.90. The van der Waals surface area contributed by atoms with E-state index in [9.17, 15) is 0 Å². The number of hydrogen-bond donors (Lipinski definition) is 1. The zero-order valence-electron chi connectivity index (χ0n) is 7.37. The van der Waals surface area contributed by atoms with E-state index in [2.05, 4.69) is 15.5 Å². The van der Waals surface area contributed by atoms with Crippen molar-refractivity contribution in [1.82, 2.24) is 15.5 Å². The molecule has 0 unspecified atom stereocenters. The largest absolute Gasteiger partial charge is 0.338 e. The average Bonchev–Trinajstić information content (AvgIpc) is 2.45. The Morgan fingerprint density at radius 1 is 1.58 bits per heavy atom. The fraction of sp³-hybridized carbons (Fsp3) is 0.500. The van der Waals surface area contributed by atoms with Gasteiger partial charge in [-0.25, -0.2) is 0 Å². The first-order chi connectivity index (χ1) is 5.83. The molecule has 0 aliphatic rings. The summed E-state index contributed by atoms with van der Waals surface area (Å²) in [6.45, 7) is 5.25. The standard InChI is InChI=1S/C8H13N3O/c1-3-4-5-9-6-8-10-7(2)11-12-8/h3-4,9H,5-6H2,1-2H3/b4-3+. The molecule has 1 N–H and O–H groups in total. The van der Waals surface area contributed by atoms with Crippen molar-refractivity contribution in [3.8, 4) is 0 Å². The van der Waals surface area contributed by atoms with Crippen LogP contribution in [-0.4, -0.2) is 16.7 Å². The van der Waals surface area contributed by atoms with Crippen LogP contribution in [-0.2, 0) is 6.54 Å². The Morgan fingerprint density at radius 3 is 3.00 bits per heavy atom. The first-order valence-corrected chi connectivity index (χ1v) is 3.94. The van der Waals surface area contributed by atoms with Crippen molar-refractivity contribution in [2.75, 3.05) is 6.54 Å². The third kappa shape index (κ3) is 2.84. The Bertz CT molecular complexity index is 255. The van der Waals surface area contributed by atoms with Crippen LogP contribution in [0.25, 0.3) is 0 Å². The normalized spacial score (nSPS) is 11.2. The highest BCUT2D eigenvalue weighted by Gasteiger charge is 1.99. The highest BCUT2D eigenvalue weighted by Crippen LogP contribution is 1.93. The Kier molecular flexibility index (Phi) is 3.47. The van der Waals surface area contributed by atoms with Gasteiger partial charge in [-0.05, 0) is 13.8 Å². The van der Waals surface area contributed by atoms with Gasteiger partial charge >= 0.3 is 0 Å². The van der Waals surface area contributed by atoms with Crippen molar-refractivity contribution in [1.29, 1.82) is 0 Å². The molecule has 1 rings (SSSR count). The van der Waals surface area contributed by atoms with Crippen LogP contribution >= 0.6 is 0 Å². The van der Waals surface area contributed by atoms with Crippen molar-refractivity contribution < 1.29 is 4.52 Å². The van der Waals surface area contributed by atoms with Crippen LogP contribution in [0.2, 0.25) is 0 Å². The number of aromatic nitrogens is 2. The fourth-order valence-corrected chi connectivity index (χ4v) is 0.792. The molecule has 1 aromatic rings. The van der Waals surface area contributed by atoms with Gasteiger partial charge in [0, 0.05) is 6.54 Å². The lowest BCUT2D eigenvalue weighted by molar-refractivity contribution is 0.366. The molecule has 66 valence electrons. The van der Waals surface area contributed by atoms with E-state index in [0.717, 1.165) is 6.54 Å². The Labute approximate surface area is 71.7 Å². The van der Waals surface area contributed by atoms with Gasteiger partial charge in [-0.2, -0.15) is 4.98 Å². The van der Waals surface area contributed by atoms with E-state index in [1.54, 1.807) is 6.92 Å². The second-order valence-electron chi connectivity index (χ2n) is 2.44. The monoisotopic (exact) mass is 167 g/mol. The van der Waals surface area contributed by atoms with E-state index >= 15 is 0 Å². The molecule has 1 aromatic heterocycles. The predicted octanol–water partition coefficient (Wildman–Crippen LogP) is 1.04. The van der Waals surface area contributed by atoms with Gasteiger partial charge in [-0.3, -0.25) is 0 Å². The number of rotatable bonds is 4. The first kappa shape index (κ1) is 8.93. The van der Waals surface area contributed by atoms with Crippen molar-refractivity contribution in [2.45, 2.75) is 20.4 Å². The number of hydrogen-bond acceptors (Lipinski definition) is 4. The molecule has 0 fully saturated rings. The van der Waals surface area contributed by atoms with Gasteiger partial charge in [0.25, 0.3) is 0 Å². The summed E-state index contributed by atoms with van der Waals surface area (Å²) in [4.78, 5) is 4.04. The van der Waals surface area contributed by atoms with Gasteiger partial charge in [0.1, 0.15) is 0 Å². The molecule has 0 aromatic carbocycles. The second-order valence-corrected chi connectivity index (χ2v) is 2.44. The molecule has 0 radical (unpaired) electrons. The van der Waals surface area contributed by atoms with Crippen LogP contribution in [0.4, 0.5) is 0 Å². The first-order valence-electron chi connectivity index (χ1n) is 3.94. The molecule has 12 heavy (non-hydrogen) atoms. The van der Waals surface area contributed by atoms with Crippen LogP contribution in [0.15, 0.2) is 16.7 Å². The van der Waals surface area contributed by atoms with E-state index in [1.807, 2.05) is 19.1 Å². The Balaban J connectivity index is 2.24. The van der Waals surface area contributed by atoms with Crippen LogP contribution in [0.3, 0.4) is 0 Å². The van der Waals surface area contributed by atoms with E-state index in [0.29, 0.717) is 18.3 Å². The Hall–Kier alpha value is -1.16. The van der Waals surface area contributed by atoms with E-state index in [1.165, 1.54) is 0 Å². The highest BCUT2D eigenvalue weighted by molar-refractivity contribution is 4.84. The molecule has 0 atom stereocenters. The molecule has 0 bridgehead atoms. The quantitative estimate of drug-likeness (QED) is 0.537. The van der Waals surface area contributed by atoms with Gasteiger partial charge in [0.05, 0.1) is 6.54 Å². The third-order valence-electron chi connectivity index (χ3n) is 1.34. The van der Waals surface area contributed by atoms with Crippen LogP contribution < -0.4 is 5.32 Å². The molecule has 0 aliphatic carbocycles. The molecule has 0 aliphatic heterocycles. The molecule has 0 spiro atoms. The van der Waals surface area contributed by atoms with Gasteiger partial charge in [-0.15, -0.1) is 0 Å². The Morgan fingerprint density at radius 2 is 2.42 bits per heavy atom. The van der Waals surface area contributed by atoms with Crippen LogP contribution in [0.1, 0.15) is 18.6 Å². The SMILES string of the molecule is C/C=C/CNCc1nc(C)no1.